The predicted octanol–water partition coefficient (Wildman–Crippen LogP) is 1.69. The summed E-state index contributed by atoms with van der Waals surface area (Å²) >= 11 is 0. The van der Waals surface area contributed by atoms with Gasteiger partial charge in [0.15, 0.2) is 15.6 Å². The average Bonchev–Trinajstić information content (AvgIpc) is 3.29. The monoisotopic (exact) mass is 399 g/mol. The Hall–Kier alpha value is -3.20. The van der Waals surface area contributed by atoms with Crippen molar-refractivity contribution in [2.45, 2.75) is 6.42 Å². The van der Waals surface area contributed by atoms with Gasteiger partial charge in [0.05, 0.1) is 22.8 Å². The van der Waals surface area contributed by atoms with Crippen LogP contribution in [-0.2, 0) is 14.6 Å². The molecule has 28 heavy (non-hydrogen) atoms. The van der Waals surface area contributed by atoms with Gasteiger partial charge in [0.2, 0.25) is 5.91 Å². The normalized spacial score (nSPS) is 18.1. The predicted molar refractivity (Wildman–Crippen MR) is 102 cm³/mol. The van der Waals surface area contributed by atoms with Crippen molar-refractivity contribution in [2.24, 2.45) is 5.92 Å². The number of carbonyl (C=O) groups is 2. The van der Waals surface area contributed by atoms with Crippen LogP contribution < -0.4 is 10.9 Å². The van der Waals surface area contributed by atoms with Gasteiger partial charge in [0, 0.05) is 11.1 Å². The molecule has 144 valence electrons. The number of sulfone groups is 1. The molecule has 2 N–H and O–H groups in total. The maximum Gasteiger partial charge on any atom is 0.269 e. The number of nitrogens with one attached hydrogen (secondary N) is 2. The molecule has 0 aliphatic carbocycles. The summed E-state index contributed by atoms with van der Waals surface area (Å²) in [5.41, 5.74) is 6.39. The van der Waals surface area contributed by atoms with Gasteiger partial charge >= 0.3 is 0 Å². The summed E-state index contributed by atoms with van der Waals surface area (Å²) in [5, 5.41) is 4.68. The van der Waals surface area contributed by atoms with Crippen LogP contribution in [0.15, 0.2) is 53.1 Å². The van der Waals surface area contributed by atoms with Crippen molar-refractivity contribution >= 4 is 32.6 Å². The Morgan fingerprint density at radius 3 is 2.57 bits per heavy atom. The molecule has 2 aromatic carbocycles. The maximum atomic E-state index is 12.4. The van der Waals surface area contributed by atoms with Crippen LogP contribution in [0.4, 0.5) is 0 Å². The first-order chi connectivity index (χ1) is 13.4. The number of benzene rings is 2. The van der Waals surface area contributed by atoms with E-state index in [-0.39, 0.29) is 17.9 Å². The van der Waals surface area contributed by atoms with E-state index in [1.807, 2.05) is 30.3 Å². The lowest BCUT2D eigenvalue weighted by Crippen LogP contribution is -2.44. The summed E-state index contributed by atoms with van der Waals surface area (Å²) < 4.78 is 28.4. The second-order valence-corrected chi connectivity index (χ2v) is 8.88. The molecule has 8 nitrogen and oxygen atoms in total. The number of hydrogen-bond acceptors (Lipinski definition) is 6. The number of nitrogens with zero attached hydrogens (tertiary/aromatic N) is 1. The summed E-state index contributed by atoms with van der Waals surface area (Å²) in [4.78, 5) is 24.5. The molecule has 0 unspecified atom stereocenters. The zero-order valence-corrected chi connectivity index (χ0v) is 15.5. The van der Waals surface area contributed by atoms with Gasteiger partial charge in [-0.2, -0.15) is 0 Å². The Labute approximate surface area is 160 Å². The minimum absolute atomic E-state index is 0.00848. The van der Waals surface area contributed by atoms with Gasteiger partial charge in [-0.15, -0.1) is 0 Å². The van der Waals surface area contributed by atoms with Crippen molar-refractivity contribution in [3.05, 3.63) is 54.1 Å². The van der Waals surface area contributed by atoms with Crippen molar-refractivity contribution in [3.8, 4) is 11.3 Å². The van der Waals surface area contributed by atoms with Crippen LogP contribution in [0.3, 0.4) is 0 Å². The topological polar surface area (TPSA) is 118 Å². The third-order valence-electron chi connectivity index (χ3n) is 4.68. The third-order valence-corrected chi connectivity index (χ3v) is 6.45. The fraction of sp³-hybridized carbons (Fsp3) is 0.211. The number of fused-ring (bicyclic) bond motifs is 1. The van der Waals surface area contributed by atoms with E-state index < -0.39 is 27.6 Å². The summed E-state index contributed by atoms with van der Waals surface area (Å²) in [6, 6.07) is 14.3. The van der Waals surface area contributed by atoms with E-state index in [1.165, 1.54) is 0 Å². The quantitative estimate of drug-likeness (QED) is 0.647. The molecule has 0 spiro atoms. The van der Waals surface area contributed by atoms with Crippen molar-refractivity contribution in [1.82, 2.24) is 16.0 Å². The van der Waals surface area contributed by atoms with E-state index in [1.54, 1.807) is 18.2 Å². The molecule has 0 saturated carbocycles. The zero-order valence-electron chi connectivity index (χ0n) is 14.7. The number of aromatic nitrogens is 1. The molecule has 1 aliphatic heterocycles. The highest BCUT2D eigenvalue weighted by Gasteiger charge is 2.33. The highest BCUT2D eigenvalue weighted by Crippen LogP contribution is 2.29. The van der Waals surface area contributed by atoms with Crippen molar-refractivity contribution in [3.63, 3.8) is 0 Å². The summed E-state index contributed by atoms with van der Waals surface area (Å²) in [5.74, 6) is -1.32. The molecule has 3 aromatic rings. The summed E-state index contributed by atoms with van der Waals surface area (Å²) in [6.07, 6.45) is 0.261. The first kappa shape index (κ1) is 18.2. The number of hydrogen-bond donors (Lipinski definition) is 2. The molecule has 1 saturated heterocycles. The highest BCUT2D eigenvalue weighted by molar-refractivity contribution is 7.91. The lowest BCUT2D eigenvalue weighted by molar-refractivity contribution is -0.125. The van der Waals surface area contributed by atoms with Gasteiger partial charge in [-0.05, 0) is 24.6 Å². The fourth-order valence-corrected chi connectivity index (χ4v) is 4.92. The number of carbonyl (C=O) groups excluding carboxylic acids is 2. The molecular formula is C19H17N3O5S. The molecule has 4 rings (SSSR count). The molecule has 0 bridgehead atoms. The second kappa shape index (κ2) is 7.08. The molecule has 1 fully saturated rings. The Kier molecular flexibility index (Phi) is 4.60. The van der Waals surface area contributed by atoms with E-state index >= 15 is 0 Å². The van der Waals surface area contributed by atoms with E-state index in [4.69, 9.17) is 4.52 Å². The third kappa shape index (κ3) is 3.61. The van der Waals surface area contributed by atoms with Gasteiger partial charge in [0.25, 0.3) is 5.91 Å². The van der Waals surface area contributed by atoms with E-state index in [0.29, 0.717) is 22.2 Å². The number of amides is 2. The fourth-order valence-electron chi connectivity index (χ4n) is 3.17. The number of hydrazine groups is 1. The molecule has 1 aliphatic rings. The van der Waals surface area contributed by atoms with Crippen LogP contribution in [0.2, 0.25) is 0 Å². The first-order valence-electron chi connectivity index (χ1n) is 8.68. The van der Waals surface area contributed by atoms with E-state index in [2.05, 4.69) is 16.0 Å². The zero-order chi connectivity index (χ0) is 19.7. The van der Waals surface area contributed by atoms with E-state index in [9.17, 15) is 18.0 Å². The van der Waals surface area contributed by atoms with Gasteiger partial charge in [-0.3, -0.25) is 20.4 Å². The summed E-state index contributed by atoms with van der Waals surface area (Å²) in [6.45, 7) is 0. The van der Waals surface area contributed by atoms with Crippen LogP contribution in [0, 0.1) is 5.92 Å². The van der Waals surface area contributed by atoms with Crippen LogP contribution in [0.1, 0.15) is 16.8 Å². The lowest BCUT2D eigenvalue weighted by Gasteiger charge is -2.10. The number of rotatable bonds is 3. The van der Waals surface area contributed by atoms with Crippen molar-refractivity contribution < 1.29 is 22.5 Å². The Bertz CT molecular complexity index is 1150. The summed E-state index contributed by atoms with van der Waals surface area (Å²) in [7, 11) is -3.17. The van der Waals surface area contributed by atoms with Crippen molar-refractivity contribution in [2.75, 3.05) is 11.5 Å². The van der Waals surface area contributed by atoms with E-state index in [0.717, 1.165) is 5.56 Å². The standard InChI is InChI=1S/C19H17N3O5S/c23-18(20-21-19(24)14-8-9-28(25,26)11-14)13-6-7-16-15(10-13)17(27-22-16)12-4-2-1-3-5-12/h1-7,10,14H,8-9,11H2,(H,20,23)(H,21,24)/t14-/m1/s1. The average molecular weight is 399 g/mol. The van der Waals surface area contributed by atoms with Gasteiger partial charge in [-0.25, -0.2) is 8.42 Å². The smallest absolute Gasteiger partial charge is 0.269 e. The maximum absolute atomic E-state index is 12.4. The minimum atomic E-state index is -3.17. The van der Waals surface area contributed by atoms with Gasteiger partial charge in [0.1, 0.15) is 5.52 Å². The molecule has 0 radical (unpaired) electrons. The van der Waals surface area contributed by atoms with Crippen LogP contribution in [0.25, 0.3) is 22.2 Å². The Morgan fingerprint density at radius 1 is 1.07 bits per heavy atom. The minimum Gasteiger partial charge on any atom is -0.355 e. The van der Waals surface area contributed by atoms with Crippen molar-refractivity contribution in [1.29, 1.82) is 0 Å². The molecule has 1 aromatic heterocycles. The van der Waals surface area contributed by atoms with Gasteiger partial charge < -0.3 is 4.52 Å². The Balaban J connectivity index is 1.49. The lowest BCUT2D eigenvalue weighted by atomic mass is 10.1. The van der Waals surface area contributed by atoms with Gasteiger partial charge in [-0.1, -0.05) is 35.5 Å². The molecular weight excluding hydrogens is 382 g/mol. The molecule has 9 heteroatoms. The highest BCUT2D eigenvalue weighted by atomic mass is 32.2. The SMILES string of the molecule is O=C(NNC(=O)[C@@H]1CCS(=O)(=O)C1)c1ccc2noc(-c3ccccc3)c2c1. The molecule has 1 atom stereocenters. The first-order valence-corrected chi connectivity index (χ1v) is 10.5. The largest absolute Gasteiger partial charge is 0.355 e. The van der Waals surface area contributed by atoms with Crippen LogP contribution in [-0.4, -0.2) is 36.9 Å². The Morgan fingerprint density at radius 2 is 1.86 bits per heavy atom. The van der Waals surface area contributed by atoms with Crippen LogP contribution >= 0.6 is 0 Å². The van der Waals surface area contributed by atoms with Crippen LogP contribution in [0.5, 0.6) is 0 Å². The molecule has 2 amide bonds. The second-order valence-electron chi connectivity index (χ2n) is 6.65. The molecule has 2 heterocycles.